The van der Waals surface area contributed by atoms with E-state index in [1.165, 1.54) is 83.5 Å². The number of rotatable bonds is 23. The van der Waals surface area contributed by atoms with Crippen LogP contribution in [0.25, 0.3) is 0 Å². The lowest BCUT2D eigenvalue weighted by Gasteiger charge is -2.28. The van der Waals surface area contributed by atoms with Crippen molar-refractivity contribution in [2.45, 2.75) is 124 Å². The molecule has 0 spiro atoms. The van der Waals surface area contributed by atoms with Crippen molar-refractivity contribution in [3.63, 3.8) is 0 Å². The Balaban J connectivity index is 4.33. The second kappa shape index (κ2) is 22.1. The molecule has 0 saturated heterocycles. The van der Waals surface area contributed by atoms with Gasteiger partial charge in [0.2, 0.25) is 11.8 Å². The average Bonchev–Trinajstić information content (AvgIpc) is 2.76. The zero-order chi connectivity index (χ0) is 23.2. The number of hydrogen-bond acceptors (Lipinski definition) is 3. The van der Waals surface area contributed by atoms with Gasteiger partial charge >= 0.3 is 0 Å². The van der Waals surface area contributed by atoms with Crippen LogP contribution in [-0.2, 0) is 9.59 Å². The monoisotopic (exact) mass is 439 g/mol. The molecule has 0 aromatic carbocycles. The molecule has 0 saturated carbocycles. The minimum absolute atomic E-state index is 0.0839. The van der Waals surface area contributed by atoms with E-state index in [1.54, 1.807) is 0 Å². The van der Waals surface area contributed by atoms with Gasteiger partial charge in [-0.2, -0.15) is 0 Å². The first kappa shape index (κ1) is 29.9. The van der Waals surface area contributed by atoms with Crippen molar-refractivity contribution in [2.24, 2.45) is 5.73 Å². The van der Waals surface area contributed by atoms with Gasteiger partial charge in [-0.1, -0.05) is 91.4 Å². The smallest absolute Gasteiger partial charge is 0.223 e. The van der Waals surface area contributed by atoms with Gasteiger partial charge in [0.15, 0.2) is 0 Å². The summed E-state index contributed by atoms with van der Waals surface area (Å²) in [6.07, 6.45) is 18.2. The predicted octanol–water partition coefficient (Wildman–Crippen LogP) is 5.90. The topological polar surface area (TPSA) is 66.6 Å². The molecule has 0 fully saturated rings. The van der Waals surface area contributed by atoms with Crippen LogP contribution in [-0.4, -0.2) is 54.3 Å². The predicted molar refractivity (Wildman–Crippen MR) is 133 cm³/mol. The molecule has 2 N–H and O–H groups in total. The fourth-order valence-electron chi connectivity index (χ4n) is 3.90. The minimum Gasteiger partial charge on any atom is -0.370 e. The van der Waals surface area contributed by atoms with Gasteiger partial charge in [0.1, 0.15) is 0 Å². The van der Waals surface area contributed by atoms with Gasteiger partial charge in [-0.25, -0.2) is 0 Å². The third-order valence-electron chi connectivity index (χ3n) is 6.06. The number of nitrogens with zero attached hydrogens (tertiary/aromatic N) is 2. The molecular weight excluding hydrogens is 386 g/mol. The highest BCUT2D eigenvalue weighted by Gasteiger charge is 2.15. The highest BCUT2D eigenvalue weighted by molar-refractivity contribution is 5.82. The maximum Gasteiger partial charge on any atom is 0.223 e. The first-order valence-electron chi connectivity index (χ1n) is 13.3. The summed E-state index contributed by atoms with van der Waals surface area (Å²) in [5.74, 6) is -0.305. The van der Waals surface area contributed by atoms with Gasteiger partial charge in [0.05, 0.1) is 0 Å². The molecule has 0 heterocycles. The molecule has 2 amide bonds. The third kappa shape index (κ3) is 19.3. The summed E-state index contributed by atoms with van der Waals surface area (Å²) >= 11 is 0. The number of carbonyl (C=O) groups excluding carboxylic acids is 2. The van der Waals surface area contributed by atoms with Crippen molar-refractivity contribution in [1.29, 1.82) is 0 Å². The van der Waals surface area contributed by atoms with Crippen molar-refractivity contribution in [3.8, 4) is 0 Å². The number of amides is 2. The van der Waals surface area contributed by atoms with Crippen LogP contribution in [0, 0.1) is 0 Å². The van der Waals surface area contributed by atoms with Crippen LogP contribution in [0.1, 0.15) is 124 Å². The summed E-state index contributed by atoms with van der Waals surface area (Å²) in [4.78, 5) is 28.3. The molecule has 0 unspecified atom stereocenters. The summed E-state index contributed by atoms with van der Waals surface area (Å²) in [6.45, 7) is 11.4. The first-order valence-corrected chi connectivity index (χ1v) is 13.3. The van der Waals surface area contributed by atoms with Crippen molar-refractivity contribution in [2.75, 3.05) is 32.7 Å². The van der Waals surface area contributed by atoms with E-state index in [-0.39, 0.29) is 24.7 Å². The van der Waals surface area contributed by atoms with Gasteiger partial charge in [-0.3, -0.25) is 9.59 Å². The average molecular weight is 440 g/mol. The second-order valence-electron chi connectivity index (χ2n) is 9.08. The van der Waals surface area contributed by atoms with Gasteiger partial charge in [0, 0.05) is 32.5 Å². The number of nitrogens with two attached hydrogens (primary N) is 1. The maximum absolute atomic E-state index is 12.7. The molecule has 0 rings (SSSR count). The van der Waals surface area contributed by atoms with Crippen LogP contribution < -0.4 is 5.73 Å². The van der Waals surface area contributed by atoms with E-state index in [2.05, 4.69) is 25.7 Å². The summed E-state index contributed by atoms with van der Waals surface area (Å²) < 4.78 is 0. The standard InChI is InChI=1S/C26H53N3O2/c1-4-7-10-11-12-13-14-15-16-17-22-29(26(31)19-18-25(27)30)24-23-28(20-8-5-2)21-9-6-3/h4-24H2,1-3H3,(H2,27,30). The fourth-order valence-corrected chi connectivity index (χ4v) is 3.90. The SMILES string of the molecule is CCCCCCCCCCCCN(CCN(CCCC)CCCC)C(=O)CCC(N)=O. The first-order chi connectivity index (χ1) is 15.0. The Labute approximate surface area is 193 Å². The number of hydrogen-bond donors (Lipinski definition) is 1. The maximum atomic E-state index is 12.7. The van der Waals surface area contributed by atoms with Crippen molar-refractivity contribution in [3.05, 3.63) is 0 Å². The zero-order valence-electron chi connectivity index (χ0n) is 21.1. The molecule has 0 aliphatic carbocycles. The molecule has 0 aliphatic rings. The molecule has 0 aliphatic heterocycles. The number of carbonyl (C=O) groups is 2. The molecule has 184 valence electrons. The largest absolute Gasteiger partial charge is 0.370 e. The molecule has 0 radical (unpaired) electrons. The van der Waals surface area contributed by atoms with Crippen LogP contribution in [0.15, 0.2) is 0 Å². The third-order valence-corrected chi connectivity index (χ3v) is 6.06. The van der Waals surface area contributed by atoms with E-state index in [0.717, 1.165) is 39.1 Å². The molecule has 0 bridgehead atoms. The van der Waals surface area contributed by atoms with E-state index in [9.17, 15) is 9.59 Å². The Morgan fingerprint density at radius 3 is 1.52 bits per heavy atom. The fraction of sp³-hybridized carbons (Fsp3) is 0.923. The number of primary amides is 1. The van der Waals surface area contributed by atoms with E-state index in [0.29, 0.717) is 0 Å². The van der Waals surface area contributed by atoms with Crippen molar-refractivity contribution in [1.82, 2.24) is 9.80 Å². The van der Waals surface area contributed by atoms with Gasteiger partial charge in [-0.15, -0.1) is 0 Å². The summed E-state index contributed by atoms with van der Waals surface area (Å²) in [7, 11) is 0. The molecule has 0 aromatic heterocycles. The van der Waals surface area contributed by atoms with Gasteiger partial charge in [-0.05, 0) is 32.4 Å². The second-order valence-corrected chi connectivity index (χ2v) is 9.08. The van der Waals surface area contributed by atoms with Crippen LogP contribution in [0.4, 0.5) is 0 Å². The summed E-state index contributed by atoms with van der Waals surface area (Å²) in [5.41, 5.74) is 5.26. The minimum atomic E-state index is -0.389. The van der Waals surface area contributed by atoms with Crippen LogP contribution in [0.5, 0.6) is 0 Å². The van der Waals surface area contributed by atoms with Crippen molar-refractivity contribution >= 4 is 11.8 Å². The molecule has 0 aromatic rings. The lowest BCUT2D eigenvalue weighted by Crippen LogP contribution is -2.40. The lowest BCUT2D eigenvalue weighted by molar-refractivity contribution is -0.133. The molecule has 0 atom stereocenters. The Morgan fingerprint density at radius 1 is 0.548 bits per heavy atom. The van der Waals surface area contributed by atoms with Gasteiger partial charge in [0.25, 0.3) is 0 Å². The van der Waals surface area contributed by atoms with E-state index in [4.69, 9.17) is 5.73 Å². The van der Waals surface area contributed by atoms with Crippen LogP contribution in [0.3, 0.4) is 0 Å². The Morgan fingerprint density at radius 2 is 1.03 bits per heavy atom. The molecular formula is C26H53N3O2. The lowest BCUT2D eigenvalue weighted by atomic mass is 10.1. The highest BCUT2D eigenvalue weighted by atomic mass is 16.2. The van der Waals surface area contributed by atoms with Crippen LogP contribution >= 0.6 is 0 Å². The molecule has 31 heavy (non-hydrogen) atoms. The quantitative estimate of drug-likeness (QED) is 0.201. The van der Waals surface area contributed by atoms with E-state index in [1.807, 2.05) is 4.90 Å². The molecule has 5 heteroatoms. The Bertz CT molecular complexity index is 421. The summed E-state index contributed by atoms with van der Waals surface area (Å²) in [5, 5.41) is 0. The van der Waals surface area contributed by atoms with E-state index >= 15 is 0 Å². The summed E-state index contributed by atoms with van der Waals surface area (Å²) in [6, 6.07) is 0. The highest BCUT2D eigenvalue weighted by Crippen LogP contribution is 2.11. The molecule has 5 nitrogen and oxygen atoms in total. The Kier molecular flexibility index (Phi) is 21.3. The van der Waals surface area contributed by atoms with E-state index < -0.39 is 0 Å². The normalized spacial score (nSPS) is 11.2. The van der Waals surface area contributed by atoms with Crippen molar-refractivity contribution < 1.29 is 9.59 Å². The zero-order valence-corrected chi connectivity index (χ0v) is 21.1. The number of unbranched alkanes of at least 4 members (excludes halogenated alkanes) is 11. The van der Waals surface area contributed by atoms with Gasteiger partial charge < -0.3 is 15.5 Å². The Hall–Kier alpha value is -1.10. The van der Waals surface area contributed by atoms with Crippen LogP contribution in [0.2, 0.25) is 0 Å².